The van der Waals surface area contributed by atoms with Crippen LogP contribution in [0, 0.1) is 20.8 Å². The molecule has 0 aliphatic rings. The van der Waals surface area contributed by atoms with Gasteiger partial charge in [-0.15, -0.1) is 11.3 Å². The largest absolute Gasteiger partial charge is 0.384 e. The minimum absolute atomic E-state index is 0.744. The van der Waals surface area contributed by atoms with Crippen molar-refractivity contribution in [3.05, 3.63) is 22.1 Å². The molecule has 2 aromatic rings. The van der Waals surface area contributed by atoms with E-state index in [1.54, 1.807) is 16.0 Å². The average molecular weight is 221 g/mol. The van der Waals surface area contributed by atoms with Crippen LogP contribution in [0.3, 0.4) is 0 Å². The van der Waals surface area contributed by atoms with Gasteiger partial charge in [-0.3, -0.25) is 4.68 Å². The molecule has 0 amide bonds. The van der Waals surface area contributed by atoms with E-state index in [1.165, 1.54) is 15.3 Å². The standard InChI is InChI=1S/C11H15N3S/c1-6-5-9(15-8(6)3)10-7(2)11(12)14(4)13-10/h5H,12H2,1-4H3. The highest BCUT2D eigenvalue weighted by Crippen LogP contribution is 2.33. The van der Waals surface area contributed by atoms with Crippen LogP contribution in [0.15, 0.2) is 6.07 Å². The molecule has 2 rings (SSSR count). The molecule has 4 heteroatoms. The highest BCUT2D eigenvalue weighted by molar-refractivity contribution is 7.15. The smallest absolute Gasteiger partial charge is 0.124 e. The lowest BCUT2D eigenvalue weighted by Gasteiger charge is -1.92. The number of rotatable bonds is 1. The van der Waals surface area contributed by atoms with E-state index in [1.807, 2.05) is 14.0 Å². The van der Waals surface area contributed by atoms with Crippen molar-refractivity contribution in [2.75, 3.05) is 5.73 Å². The molecule has 0 saturated carbocycles. The van der Waals surface area contributed by atoms with Crippen molar-refractivity contribution in [2.45, 2.75) is 20.8 Å². The van der Waals surface area contributed by atoms with Gasteiger partial charge >= 0.3 is 0 Å². The molecular formula is C11H15N3S. The molecule has 3 nitrogen and oxygen atoms in total. The van der Waals surface area contributed by atoms with Crippen molar-refractivity contribution in [1.29, 1.82) is 0 Å². The fourth-order valence-electron chi connectivity index (χ4n) is 1.57. The number of anilines is 1. The summed E-state index contributed by atoms with van der Waals surface area (Å²) in [5.74, 6) is 0.744. The predicted octanol–water partition coefficient (Wildman–Crippen LogP) is 2.66. The normalized spacial score (nSPS) is 10.9. The summed E-state index contributed by atoms with van der Waals surface area (Å²) < 4.78 is 1.73. The molecule has 0 atom stereocenters. The van der Waals surface area contributed by atoms with Gasteiger partial charge < -0.3 is 5.73 Å². The molecule has 0 radical (unpaired) electrons. The van der Waals surface area contributed by atoms with Crippen LogP contribution in [-0.2, 0) is 7.05 Å². The van der Waals surface area contributed by atoms with Gasteiger partial charge in [0, 0.05) is 17.5 Å². The SMILES string of the molecule is Cc1cc(-c2nn(C)c(N)c2C)sc1C. The molecule has 0 aliphatic carbocycles. The second kappa shape index (κ2) is 3.38. The molecule has 15 heavy (non-hydrogen) atoms. The van der Waals surface area contributed by atoms with Crippen LogP contribution in [0.25, 0.3) is 10.6 Å². The summed E-state index contributed by atoms with van der Waals surface area (Å²) in [6, 6.07) is 2.18. The Balaban J connectivity index is 2.59. The van der Waals surface area contributed by atoms with E-state index in [0.29, 0.717) is 0 Å². The average Bonchev–Trinajstić information content (AvgIpc) is 2.63. The highest BCUT2D eigenvalue weighted by Gasteiger charge is 2.13. The molecule has 0 aromatic carbocycles. The van der Waals surface area contributed by atoms with Crippen LogP contribution in [0.5, 0.6) is 0 Å². The lowest BCUT2D eigenvalue weighted by Crippen LogP contribution is -1.97. The molecule has 2 N–H and O–H groups in total. The molecule has 80 valence electrons. The van der Waals surface area contributed by atoms with E-state index in [0.717, 1.165) is 17.1 Å². The minimum Gasteiger partial charge on any atom is -0.384 e. The lowest BCUT2D eigenvalue weighted by molar-refractivity contribution is 0.782. The lowest BCUT2D eigenvalue weighted by atomic mass is 10.2. The Morgan fingerprint density at radius 1 is 1.33 bits per heavy atom. The van der Waals surface area contributed by atoms with E-state index in [9.17, 15) is 0 Å². The Morgan fingerprint density at radius 3 is 2.40 bits per heavy atom. The van der Waals surface area contributed by atoms with Crippen molar-refractivity contribution in [3.8, 4) is 10.6 Å². The number of nitrogen functional groups attached to an aromatic ring is 1. The summed E-state index contributed by atoms with van der Waals surface area (Å²) in [5.41, 5.74) is 9.29. The molecule has 0 saturated heterocycles. The number of thiophene rings is 1. The van der Waals surface area contributed by atoms with E-state index in [4.69, 9.17) is 5.73 Å². The van der Waals surface area contributed by atoms with Crippen molar-refractivity contribution in [3.63, 3.8) is 0 Å². The number of hydrogen-bond acceptors (Lipinski definition) is 3. The van der Waals surface area contributed by atoms with Gasteiger partial charge in [0.15, 0.2) is 0 Å². The van der Waals surface area contributed by atoms with Crippen LogP contribution in [-0.4, -0.2) is 9.78 Å². The van der Waals surface area contributed by atoms with Crippen molar-refractivity contribution in [1.82, 2.24) is 9.78 Å². The highest BCUT2D eigenvalue weighted by atomic mass is 32.1. The maximum Gasteiger partial charge on any atom is 0.124 e. The van der Waals surface area contributed by atoms with Crippen LogP contribution < -0.4 is 5.73 Å². The Morgan fingerprint density at radius 2 is 2.00 bits per heavy atom. The molecule has 0 bridgehead atoms. The van der Waals surface area contributed by atoms with Gasteiger partial charge in [0.05, 0.1) is 4.88 Å². The number of aromatic nitrogens is 2. The second-order valence-corrected chi connectivity index (χ2v) is 5.09. The first-order valence-electron chi connectivity index (χ1n) is 4.87. The first kappa shape index (κ1) is 10.2. The number of nitrogens with zero attached hydrogens (tertiary/aromatic N) is 2. The molecule has 2 aromatic heterocycles. The van der Waals surface area contributed by atoms with Gasteiger partial charge in [-0.1, -0.05) is 0 Å². The summed E-state index contributed by atoms with van der Waals surface area (Å²) in [6.45, 7) is 6.27. The molecule has 0 unspecified atom stereocenters. The fourth-order valence-corrected chi connectivity index (χ4v) is 2.64. The Hall–Kier alpha value is -1.29. The van der Waals surface area contributed by atoms with Crippen LogP contribution >= 0.6 is 11.3 Å². The third-order valence-corrected chi connectivity index (χ3v) is 3.90. The second-order valence-electron chi connectivity index (χ2n) is 3.83. The number of hydrogen-bond donors (Lipinski definition) is 1. The summed E-state index contributed by atoms with van der Waals surface area (Å²) in [5, 5.41) is 4.44. The summed E-state index contributed by atoms with van der Waals surface area (Å²) >= 11 is 1.77. The van der Waals surface area contributed by atoms with Gasteiger partial charge in [0.2, 0.25) is 0 Å². The zero-order valence-electron chi connectivity index (χ0n) is 9.46. The minimum atomic E-state index is 0.744. The van der Waals surface area contributed by atoms with Crippen LogP contribution in [0.2, 0.25) is 0 Å². The van der Waals surface area contributed by atoms with E-state index in [-0.39, 0.29) is 0 Å². The zero-order chi connectivity index (χ0) is 11.2. The van der Waals surface area contributed by atoms with Crippen molar-refractivity contribution < 1.29 is 0 Å². The molecule has 0 spiro atoms. The summed E-state index contributed by atoms with van der Waals surface area (Å²) in [7, 11) is 1.87. The van der Waals surface area contributed by atoms with Crippen LogP contribution in [0.4, 0.5) is 5.82 Å². The quantitative estimate of drug-likeness (QED) is 0.804. The Kier molecular flexibility index (Phi) is 2.31. The van der Waals surface area contributed by atoms with Crippen molar-refractivity contribution >= 4 is 17.2 Å². The molecular weight excluding hydrogens is 206 g/mol. The maximum absolute atomic E-state index is 5.89. The van der Waals surface area contributed by atoms with Crippen LogP contribution in [0.1, 0.15) is 16.0 Å². The fraction of sp³-hybridized carbons (Fsp3) is 0.364. The third-order valence-electron chi connectivity index (χ3n) is 2.74. The van der Waals surface area contributed by atoms with Gasteiger partial charge in [0.25, 0.3) is 0 Å². The topological polar surface area (TPSA) is 43.8 Å². The molecule has 2 heterocycles. The summed E-state index contributed by atoms with van der Waals surface area (Å²) in [4.78, 5) is 2.54. The van der Waals surface area contributed by atoms with Gasteiger partial charge in [0.1, 0.15) is 11.5 Å². The van der Waals surface area contributed by atoms with E-state index in [2.05, 4.69) is 25.0 Å². The first-order valence-corrected chi connectivity index (χ1v) is 5.69. The maximum atomic E-state index is 5.89. The number of nitrogens with two attached hydrogens (primary N) is 1. The first-order chi connectivity index (χ1) is 7.00. The third kappa shape index (κ3) is 1.55. The Bertz CT molecular complexity index is 489. The molecule has 0 aliphatic heterocycles. The van der Waals surface area contributed by atoms with Gasteiger partial charge in [-0.2, -0.15) is 5.10 Å². The van der Waals surface area contributed by atoms with E-state index >= 15 is 0 Å². The summed E-state index contributed by atoms with van der Waals surface area (Å²) in [6.07, 6.45) is 0. The molecule has 0 fully saturated rings. The monoisotopic (exact) mass is 221 g/mol. The van der Waals surface area contributed by atoms with Crippen molar-refractivity contribution in [2.24, 2.45) is 7.05 Å². The zero-order valence-corrected chi connectivity index (χ0v) is 10.3. The predicted molar refractivity (Wildman–Crippen MR) is 65.1 cm³/mol. The van der Waals surface area contributed by atoms with E-state index < -0.39 is 0 Å². The number of aryl methyl sites for hydroxylation is 3. The van der Waals surface area contributed by atoms with Gasteiger partial charge in [-0.25, -0.2) is 0 Å². The Labute approximate surface area is 93.5 Å². The van der Waals surface area contributed by atoms with Gasteiger partial charge in [-0.05, 0) is 32.4 Å².